The lowest BCUT2D eigenvalue weighted by Crippen LogP contribution is -2.32. The molecular formula is C25H34O2. The van der Waals surface area contributed by atoms with Gasteiger partial charge < -0.3 is 4.74 Å². The fraction of sp³-hybridized carbons (Fsp3) is 0.560. The molecule has 0 amide bonds. The van der Waals surface area contributed by atoms with Crippen molar-refractivity contribution in [3.05, 3.63) is 53.1 Å². The number of benzene rings is 1. The number of esters is 1. The lowest BCUT2D eigenvalue weighted by molar-refractivity contribution is 0.0378. The van der Waals surface area contributed by atoms with E-state index in [2.05, 4.69) is 45.9 Å². The zero-order valence-corrected chi connectivity index (χ0v) is 17.8. The Kier molecular flexibility index (Phi) is 5.14. The largest absolute Gasteiger partial charge is 0.459 e. The van der Waals surface area contributed by atoms with Gasteiger partial charge in [-0.05, 0) is 74.0 Å². The molecule has 0 spiro atoms. The molecular weight excluding hydrogens is 332 g/mol. The highest BCUT2D eigenvalue weighted by Crippen LogP contribution is 2.78. The molecule has 146 valence electrons. The normalized spacial score (nSPS) is 29.7. The molecule has 27 heavy (non-hydrogen) atoms. The first-order valence-electron chi connectivity index (χ1n) is 10.3. The molecule has 2 saturated carbocycles. The van der Waals surface area contributed by atoms with Gasteiger partial charge in [-0.15, -0.1) is 0 Å². The summed E-state index contributed by atoms with van der Waals surface area (Å²) in [5.74, 6) is -0.260. The van der Waals surface area contributed by atoms with Crippen LogP contribution in [0.5, 0.6) is 0 Å². The maximum Gasteiger partial charge on any atom is 0.338 e. The second-order valence-electron chi connectivity index (χ2n) is 9.74. The van der Waals surface area contributed by atoms with Crippen LogP contribution < -0.4 is 0 Å². The molecule has 3 rings (SSSR count). The molecule has 2 aliphatic carbocycles. The van der Waals surface area contributed by atoms with Crippen LogP contribution in [0.3, 0.4) is 0 Å². The summed E-state index contributed by atoms with van der Waals surface area (Å²) < 4.78 is 5.24. The maximum atomic E-state index is 11.9. The molecule has 2 aliphatic rings. The molecule has 0 bridgehead atoms. The van der Waals surface area contributed by atoms with Crippen LogP contribution in [0.15, 0.2) is 42.0 Å². The molecule has 2 unspecified atom stereocenters. The van der Waals surface area contributed by atoms with Gasteiger partial charge in [-0.3, -0.25) is 0 Å². The molecule has 2 nitrogen and oxygen atoms in total. The second-order valence-corrected chi connectivity index (χ2v) is 9.74. The summed E-state index contributed by atoms with van der Waals surface area (Å²) in [6.07, 6.45) is 12.2. The minimum Gasteiger partial charge on any atom is -0.459 e. The first-order valence-corrected chi connectivity index (χ1v) is 10.3. The van der Waals surface area contributed by atoms with Crippen LogP contribution in [0.4, 0.5) is 0 Å². The summed E-state index contributed by atoms with van der Waals surface area (Å²) in [6.45, 7) is 13.2. The Hall–Kier alpha value is -1.83. The highest BCUT2D eigenvalue weighted by molar-refractivity contribution is 5.89. The van der Waals surface area contributed by atoms with Crippen molar-refractivity contribution in [2.45, 2.75) is 73.3 Å². The number of carbonyl (C=O) groups excluding carboxylic acids is 1. The molecule has 0 radical (unpaired) electrons. The summed E-state index contributed by atoms with van der Waals surface area (Å²) >= 11 is 0. The van der Waals surface area contributed by atoms with E-state index < -0.39 is 0 Å². The van der Waals surface area contributed by atoms with Crippen molar-refractivity contribution in [2.24, 2.45) is 16.2 Å². The monoisotopic (exact) mass is 366 g/mol. The van der Waals surface area contributed by atoms with Crippen molar-refractivity contribution >= 4 is 12.0 Å². The predicted octanol–water partition coefficient (Wildman–Crippen LogP) is 6.82. The van der Waals surface area contributed by atoms with Crippen LogP contribution in [0.25, 0.3) is 6.08 Å². The molecule has 1 aromatic rings. The zero-order valence-electron chi connectivity index (χ0n) is 17.8. The Morgan fingerprint density at radius 3 is 2.37 bits per heavy atom. The highest BCUT2D eigenvalue weighted by Gasteiger charge is 2.69. The van der Waals surface area contributed by atoms with Crippen LogP contribution in [-0.2, 0) is 4.74 Å². The third-order valence-electron chi connectivity index (χ3n) is 6.87. The fourth-order valence-electron chi connectivity index (χ4n) is 5.15. The van der Waals surface area contributed by atoms with Gasteiger partial charge in [0.1, 0.15) is 0 Å². The average Bonchev–Trinajstić information content (AvgIpc) is 3.21. The minimum absolute atomic E-state index is 0.0963. The van der Waals surface area contributed by atoms with E-state index in [0.717, 1.165) is 5.56 Å². The Balaban J connectivity index is 1.71. The van der Waals surface area contributed by atoms with Gasteiger partial charge in [0.25, 0.3) is 0 Å². The SMILES string of the molecule is CC(C=CC12CC1(C)CCCC2(C)C)=Cc1ccc(C(=O)OC(C)C)cc1. The van der Waals surface area contributed by atoms with E-state index in [-0.39, 0.29) is 12.1 Å². The molecule has 2 atom stereocenters. The molecule has 0 heterocycles. The minimum atomic E-state index is -0.260. The summed E-state index contributed by atoms with van der Waals surface area (Å²) in [5.41, 5.74) is 4.19. The lowest BCUT2D eigenvalue weighted by atomic mass is 9.63. The van der Waals surface area contributed by atoms with Crippen molar-refractivity contribution in [3.8, 4) is 0 Å². The first-order chi connectivity index (χ1) is 12.6. The topological polar surface area (TPSA) is 26.3 Å². The van der Waals surface area contributed by atoms with Crippen molar-refractivity contribution in [3.63, 3.8) is 0 Å². The van der Waals surface area contributed by atoms with Crippen LogP contribution in [-0.4, -0.2) is 12.1 Å². The van der Waals surface area contributed by atoms with E-state index in [4.69, 9.17) is 4.74 Å². The van der Waals surface area contributed by atoms with Gasteiger partial charge in [-0.2, -0.15) is 0 Å². The average molecular weight is 367 g/mol. The molecule has 0 N–H and O–H groups in total. The van der Waals surface area contributed by atoms with Gasteiger partial charge in [0, 0.05) is 0 Å². The third-order valence-corrected chi connectivity index (χ3v) is 6.87. The number of fused-ring (bicyclic) bond motifs is 1. The molecule has 0 aliphatic heterocycles. The van der Waals surface area contributed by atoms with Gasteiger partial charge in [0.2, 0.25) is 0 Å². The summed E-state index contributed by atoms with van der Waals surface area (Å²) in [5, 5.41) is 0. The van der Waals surface area contributed by atoms with E-state index in [1.807, 2.05) is 38.1 Å². The summed E-state index contributed by atoms with van der Waals surface area (Å²) in [4.78, 5) is 11.9. The second kappa shape index (κ2) is 6.96. The van der Waals surface area contributed by atoms with Gasteiger partial charge >= 0.3 is 5.97 Å². The number of hydrogen-bond acceptors (Lipinski definition) is 2. The molecule has 0 aromatic heterocycles. The Labute approximate surface area is 164 Å². The number of rotatable bonds is 5. The first kappa shape index (κ1) is 19.9. The van der Waals surface area contributed by atoms with Crippen LogP contribution in [0.2, 0.25) is 0 Å². The predicted molar refractivity (Wildman–Crippen MR) is 113 cm³/mol. The number of carbonyl (C=O) groups is 1. The maximum absolute atomic E-state index is 11.9. The van der Waals surface area contributed by atoms with Gasteiger partial charge in [-0.1, -0.05) is 63.1 Å². The lowest BCUT2D eigenvalue weighted by Gasteiger charge is -2.41. The standard InChI is InChI=1S/C25H34O2/c1-18(2)27-22(26)21-10-8-20(9-11-21)16-19(3)12-15-25-17-24(25,6)14-7-13-23(25,4)5/h8-12,15-16,18H,7,13-14,17H2,1-6H3. The molecule has 1 aromatic carbocycles. The molecule has 2 fully saturated rings. The quantitative estimate of drug-likeness (QED) is 0.422. The Morgan fingerprint density at radius 2 is 1.78 bits per heavy atom. The van der Waals surface area contributed by atoms with Crippen LogP contribution in [0, 0.1) is 16.2 Å². The summed E-state index contributed by atoms with van der Waals surface area (Å²) in [7, 11) is 0. The van der Waals surface area contributed by atoms with Crippen LogP contribution >= 0.6 is 0 Å². The summed E-state index contributed by atoms with van der Waals surface area (Å²) in [6, 6.07) is 7.65. The Bertz CT molecular complexity index is 766. The van der Waals surface area contributed by atoms with Crippen molar-refractivity contribution in [2.75, 3.05) is 0 Å². The molecule has 2 heteroatoms. The number of hydrogen-bond donors (Lipinski definition) is 0. The van der Waals surface area contributed by atoms with Crippen molar-refractivity contribution in [1.82, 2.24) is 0 Å². The van der Waals surface area contributed by atoms with Crippen LogP contribution in [0.1, 0.15) is 83.1 Å². The van der Waals surface area contributed by atoms with Crippen molar-refractivity contribution in [1.29, 1.82) is 0 Å². The van der Waals surface area contributed by atoms with Gasteiger partial charge in [0.15, 0.2) is 0 Å². The number of allylic oxidation sites excluding steroid dienone is 3. The third kappa shape index (κ3) is 3.77. The van der Waals surface area contributed by atoms with E-state index in [1.54, 1.807) is 0 Å². The highest BCUT2D eigenvalue weighted by atomic mass is 16.5. The van der Waals surface area contributed by atoms with Gasteiger partial charge in [-0.25, -0.2) is 4.79 Å². The Morgan fingerprint density at radius 1 is 1.11 bits per heavy atom. The molecule has 0 saturated heterocycles. The van der Waals surface area contributed by atoms with E-state index in [9.17, 15) is 4.79 Å². The fourth-order valence-corrected chi connectivity index (χ4v) is 5.15. The van der Waals surface area contributed by atoms with Crippen molar-refractivity contribution < 1.29 is 9.53 Å². The zero-order chi connectivity index (χ0) is 19.9. The van der Waals surface area contributed by atoms with Gasteiger partial charge in [0.05, 0.1) is 11.7 Å². The van der Waals surface area contributed by atoms with E-state index in [1.165, 1.54) is 31.3 Å². The number of ether oxygens (including phenoxy) is 1. The van der Waals surface area contributed by atoms with E-state index >= 15 is 0 Å². The van der Waals surface area contributed by atoms with E-state index in [0.29, 0.717) is 21.8 Å². The smallest absolute Gasteiger partial charge is 0.338 e.